The standard InChI is InChI=1S/C15H22ClNO/c1-12-9-15(10-12,11-17-6-7-18-2)13-4-3-5-14(16)8-13/h3-5,8,12,17H,6-7,9-11H2,1-2H3. The van der Waals surface area contributed by atoms with Crippen LogP contribution in [-0.4, -0.2) is 26.8 Å². The maximum atomic E-state index is 6.11. The highest BCUT2D eigenvalue weighted by Crippen LogP contribution is 2.47. The lowest BCUT2D eigenvalue weighted by Gasteiger charge is -2.47. The molecule has 1 aliphatic carbocycles. The van der Waals surface area contributed by atoms with Gasteiger partial charge in [0.05, 0.1) is 6.61 Å². The number of hydrogen-bond donors (Lipinski definition) is 1. The minimum Gasteiger partial charge on any atom is -0.383 e. The van der Waals surface area contributed by atoms with Gasteiger partial charge in [0, 0.05) is 30.6 Å². The monoisotopic (exact) mass is 267 g/mol. The molecular formula is C15H22ClNO. The minimum atomic E-state index is 0.276. The van der Waals surface area contributed by atoms with Crippen LogP contribution in [0.5, 0.6) is 0 Å². The maximum Gasteiger partial charge on any atom is 0.0587 e. The van der Waals surface area contributed by atoms with Crippen LogP contribution in [0.3, 0.4) is 0 Å². The van der Waals surface area contributed by atoms with Crippen molar-refractivity contribution in [2.24, 2.45) is 5.92 Å². The molecule has 0 saturated heterocycles. The van der Waals surface area contributed by atoms with Crippen LogP contribution in [0.2, 0.25) is 5.02 Å². The van der Waals surface area contributed by atoms with Crippen LogP contribution in [0.15, 0.2) is 24.3 Å². The van der Waals surface area contributed by atoms with Gasteiger partial charge in [-0.05, 0) is 36.5 Å². The Morgan fingerprint density at radius 2 is 2.22 bits per heavy atom. The molecule has 1 aromatic rings. The van der Waals surface area contributed by atoms with Gasteiger partial charge in [0.15, 0.2) is 0 Å². The highest BCUT2D eigenvalue weighted by molar-refractivity contribution is 6.30. The van der Waals surface area contributed by atoms with Gasteiger partial charge in [0.2, 0.25) is 0 Å². The van der Waals surface area contributed by atoms with E-state index in [1.165, 1.54) is 18.4 Å². The Kier molecular flexibility index (Phi) is 4.66. The quantitative estimate of drug-likeness (QED) is 0.799. The molecule has 0 spiro atoms. The summed E-state index contributed by atoms with van der Waals surface area (Å²) in [5.74, 6) is 0.813. The van der Waals surface area contributed by atoms with Gasteiger partial charge in [-0.25, -0.2) is 0 Å². The van der Waals surface area contributed by atoms with Gasteiger partial charge >= 0.3 is 0 Å². The average Bonchev–Trinajstić information content (AvgIpc) is 2.32. The second kappa shape index (κ2) is 6.05. The Bertz CT molecular complexity index is 388. The Morgan fingerprint density at radius 1 is 1.44 bits per heavy atom. The largest absolute Gasteiger partial charge is 0.383 e. The van der Waals surface area contributed by atoms with Crippen molar-refractivity contribution < 1.29 is 4.74 Å². The molecule has 2 nitrogen and oxygen atoms in total. The average molecular weight is 268 g/mol. The molecule has 0 radical (unpaired) electrons. The summed E-state index contributed by atoms with van der Waals surface area (Å²) in [4.78, 5) is 0. The molecule has 1 aliphatic rings. The van der Waals surface area contributed by atoms with Crippen molar-refractivity contribution in [3.8, 4) is 0 Å². The van der Waals surface area contributed by atoms with Crippen molar-refractivity contribution in [1.82, 2.24) is 5.32 Å². The number of rotatable bonds is 6. The van der Waals surface area contributed by atoms with Gasteiger partial charge in [-0.2, -0.15) is 0 Å². The van der Waals surface area contributed by atoms with Gasteiger partial charge in [-0.15, -0.1) is 0 Å². The van der Waals surface area contributed by atoms with Crippen molar-refractivity contribution in [2.45, 2.75) is 25.2 Å². The summed E-state index contributed by atoms with van der Waals surface area (Å²) >= 11 is 6.11. The first kappa shape index (κ1) is 13.9. The zero-order valence-electron chi connectivity index (χ0n) is 11.2. The number of nitrogens with one attached hydrogen (secondary N) is 1. The lowest BCUT2D eigenvalue weighted by Crippen LogP contribution is -2.48. The van der Waals surface area contributed by atoms with E-state index in [9.17, 15) is 0 Å². The van der Waals surface area contributed by atoms with Gasteiger partial charge in [-0.1, -0.05) is 30.7 Å². The van der Waals surface area contributed by atoms with E-state index in [1.807, 2.05) is 6.07 Å². The van der Waals surface area contributed by atoms with Gasteiger partial charge < -0.3 is 10.1 Å². The molecule has 0 bridgehead atoms. The van der Waals surface area contributed by atoms with Crippen LogP contribution in [0, 0.1) is 5.92 Å². The molecule has 0 aliphatic heterocycles. The molecule has 1 saturated carbocycles. The van der Waals surface area contributed by atoms with Crippen LogP contribution in [0.25, 0.3) is 0 Å². The summed E-state index contributed by atoms with van der Waals surface area (Å²) in [6.45, 7) is 5.01. The van der Waals surface area contributed by atoms with Crippen molar-refractivity contribution in [2.75, 3.05) is 26.8 Å². The normalized spacial score (nSPS) is 26.9. The molecule has 1 aromatic carbocycles. The summed E-state index contributed by atoms with van der Waals surface area (Å²) in [5.41, 5.74) is 1.65. The molecule has 1 fully saturated rings. The third kappa shape index (κ3) is 3.05. The van der Waals surface area contributed by atoms with E-state index in [0.717, 1.165) is 30.6 Å². The molecule has 1 N–H and O–H groups in total. The summed E-state index contributed by atoms with van der Waals surface area (Å²) < 4.78 is 5.07. The SMILES string of the molecule is COCCNCC1(c2cccc(Cl)c2)CC(C)C1. The van der Waals surface area contributed by atoms with Crippen LogP contribution in [0.4, 0.5) is 0 Å². The first-order valence-corrected chi connectivity index (χ1v) is 7.00. The maximum absolute atomic E-state index is 6.11. The number of benzene rings is 1. The van der Waals surface area contributed by atoms with E-state index in [0.29, 0.717) is 0 Å². The Balaban J connectivity index is 2.03. The van der Waals surface area contributed by atoms with Crippen LogP contribution >= 0.6 is 11.6 Å². The van der Waals surface area contributed by atoms with E-state index in [-0.39, 0.29) is 5.41 Å². The number of ether oxygens (including phenoxy) is 1. The molecule has 0 aromatic heterocycles. The first-order valence-electron chi connectivity index (χ1n) is 6.62. The second-order valence-electron chi connectivity index (χ2n) is 5.47. The van der Waals surface area contributed by atoms with Crippen LogP contribution < -0.4 is 5.32 Å². The van der Waals surface area contributed by atoms with Crippen LogP contribution in [-0.2, 0) is 10.2 Å². The summed E-state index contributed by atoms with van der Waals surface area (Å²) in [5, 5.41) is 4.34. The molecule has 2 rings (SSSR count). The van der Waals surface area contributed by atoms with E-state index in [4.69, 9.17) is 16.3 Å². The zero-order valence-corrected chi connectivity index (χ0v) is 12.0. The van der Waals surface area contributed by atoms with E-state index < -0.39 is 0 Å². The Labute approximate surface area is 115 Å². The Morgan fingerprint density at radius 3 is 2.83 bits per heavy atom. The molecule has 0 unspecified atom stereocenters. The topological polar surface area (TPSA) is 21.3 Å². The highest BCUT2D eigenvalue weighted by Gasteiger charge is 2.42. The van der Waals surface area contributed by atoms with Gasteiger partial charge in [-0.3, -0.25) is 0 Å². The van der Waals surface area contributed by atoms with E-state index in [2.05, 4.69) is 30.4 Å². The fourth-order valence-corrected chi connectivity index (χ4v) is 3.27. The molecule has 0 heterocycles. The van der Waals surface area contributed by atoms with Crippen molar-refractivity contribution in [3.63, 3.8) is 0 Å². The Hall–Kier alpha value is -0.570. The van der Waals surface area contributed by atoms with Crippen LogP contribution in [0.1, 0.15) is 25.3 Å². The lowest BCUT2D eigenvalue weighted by molar-refractivity contribution is 0.144. The third-order valence-electron chi connectivity index (χ3n) is 3.86. The summed E-state index contributed by atoms with van der Waals surface area (Å²) in [6, 6.07) is 8.32. The smallest absolute Gasteiger partial charge is 0.0587 e. The molecule has 0 atom stereocenters. The number of halogens is 1. The third-order valence-corrected chi connectivity index (χ3v) is 4.10. The first-order chi connectivity index (χ1) is 8.66. The zero-order chi connectivity index (χ0) is 13.0. The molecule has 18 heavy (non-hydrogen) atoms. The van der Waals surface area contributed by atoms with Crippen molar-refractivity contribution in [1.29, 1.82) is 0 Å². The van der Waals surface area contributed by atoms with Gasteiger partial charge in [0.25, 0.3) is 0 Å². The lowest BCUT2D eigenvalue weighted by atomic mass is 9.59. The molecule has 0 amide bonds. The molecule has 3 heteroatoms. The fourth-order valence-electron chi connectivity index (χ4n) is 3.08. The number of hydrogen-bond acceptors (Lipinski definition) is 2. The predicted molar refractivity (Wildman–Crippen MR) is 76.3 cm³/mol. The molecule has 100 valence electrons. The number of methoxy groups -OCH3 is 1. The van der Waals surface area contributed by atoms with Crippen molar-refractivity contribution in [3.05, 3.63) is 34.9 Å². The van der Waals surface area contributed by atoms with Crippen molar-refractivity contribution >= 4 is 11.6 Å². The highest BCUT2D eigenvalue weighted by atomic mass is 35.5. The summed E-state index contributed by atoms with van der Waals surface area (Å²) in [6.07, 6.45) is 2.49. The predicted octanol–water partition coefficient (Wildman–Crippen LogP) is 3.24. The van der Waals surface area contributed by atoms with E-state index >= 15 is 0 Å². The second-order valence-corrected chi connectivity index (χ2v) is 5.91. The van der Waals surface area contributed by atoms with Gasteiger partial charge in [0.1, 0.15) is 0 Å². The minimum absolute atomic E-state index is 0.276. The molecular weight excluding hydrogens is 246 g/mol. The fraction of sp³-hybridized carbons (Fsp3) is 0.600. The van der Waals surface area contributed by atoms with E-state index in [1.54, 1.807) is 7.11 Å². The summed E-state index contributed by atoms with van der Waals surface area (Å²) in [7, 11) is 1.74.